The summed E-state index contributed by atoms with van der Waals surface area (Å²) >= 11 is 8.15. The summed E-state index contributed by atoms with van der Waals surface area (Å²) in [6.07, 6.45) is 12.5. The smallest absolute Gasteiger partial charge is 0.410 e. The van der Waals surface area contributed by atoms with E-state index in [0.29, 0.717) is 19.5 Å². The Kier molecular flexibility index (Phi) is 6.65. The van der Waals surface area contributed by atoms with Gasteiger partial charge in [0.2, 0.25) is 0 Å². The molecular weight excluding hydrogens is 609 g/mol. The minimum atomic E-state index is -0.615. The number of benzene rings is 1. The molecule has 238 valence electrons. The van der Waals surface area contributed by atoms with Crippen LogP contribution in [0.3, 0.4) is 0 Å². The number of allylic oxidation sites excluding steroid dienone is 4. The number of nitrogens with zero attached hydrogens (tertiary/aromatic N) is 1. The van der Waals surface area contributed by atoms with E-state index in [4.69, 9.17) is 16.3 Å². The maximum absolute atomic E-state index is 15.0. The number of ether oxygens (including phenoxy) is 1. The fraction of sp³-hybridized carbons (Fsp3) is 0.568. The van der Waals surface area contributed by atoms with Crippen molar-refractivity contribution in [2.24, 2.45) is 33.5 Å². The molecule has 2 aromatic rings. The van der Waals surface area contributed by atoms with E-state index in [9.17, 15) is 14.7 Å². The molecule has 6 aliphatic carbocycles. The van der Waals surface area contributed by atoms with Crippen LogP contribution in [0.4, 0.5) is 9.18 Å². The van der Waals surface area contributed by atoms with Gasteiger partial charge < -0.3 is 14.7 Å². The van der Waals surface area contributed by atoms with Crippen LogP contribution < -0.4 is 0 Å². The lowest BCUT2D eigenvalue weighted by molar-refractivity contribution is -0.168. The van der Waals surface area contributed by atoms with Crippen LogP contribution in [0, 0.1) is 39.3 Å². The van der Waals surface area contributed by atoms with Gasteiger partial charge >= 0.3 is 6.09 Å². The molecule has 4 fully saturated rings. The van der Waals surface area contributed by atoms with Gasteiger partial charge in [-0.05, 0) is 92.2 Å². The second-order valence-electron chi connectivity index (χ2n) is 15.2. The fourth-order valence-corrected chi connectivity index (χ4v) is 12.2. The van der Waals surface area contributed by atoms with Crippen molar-refractivity contribution in [3.8, 4) is 0 Å². The molecule has 1 N–H and O–H groups in total. The Morgan fingerprint density at radius 1 is 1.09 bits per heavy atom. The SMILES string of the molecule is C[C@]12CC[C@H]3[C@@]4(C=C[C@@]5(C=C4C(=O)Cc4c(F)cccc4Cl)C[C@@H](O)CC[C@]35C)[C@@H]1CC[C@@]21CN(CCc2cccs2)C(=O)O1. The first kappa shape index (κ1) is 29.9. The number of aliphatic hydroxyl groups excluding tert-OH is 1. The number of amides is 1. The van der Waals surface area contributed by atoms with Crippen molar-refractivity contribution in [1.29, 1.82) is 0 Å². The summed E-state index contributed by atoms with van der Waals surface area (Å²) in [5.41, 5.74) is -1.05. The van der Waals surface area contributed by atoms with Gasteiger partial charge in [0.25, 0.3) is 0 Å². The number of carbonyl (C=O) groups excluding carboxylic acids is 2. The Labute approximate surface area is 273 Å². The minimum absolute atomic E-state index is 0.0818. The van der Waals surface area contributed by atoms with Crippen LogP contribution in [0.25, 0.3) is 0 Å². The first-order valence-corrected chi connectivity index (χ1v) is 17.8. The predicted octanol–water partition coefficient (Wildman–Crippen LogP) is 7.95. The summed E-state index contributed by atoms with van der Waals surface area (Å²) in [5.74, 6) is -0.281. The van der Waals surface area contributed by atoms with Crippen LogP contribution in [0.2, 0.25) is 5.02 Å². The third kappa shape index (κ3) is 3.93. The van der Waals surface area contributed by atoms with Crippen molar-refractivity contribution >= 4 is 34.8 Å². The highest BCUT2D eigenvalue weighted by Crippen LogP contribution is 2.79. The maximum Gasteiger partial charge on any atom is 0.410 e. The number of halogens is 2. The highest BCUT2D eigenvalue weighted by atomic mass is 35.5. The van der Waals surface area contributed by atoms with Crippen molar-refractivity contribution in [2.45, 2.75) is 83.3 Å². The summed E-state index contributed by atoms with van der Waals surface area (Å²) in [6.45, 7) is 5.88. The Bertz CT molecular complexity index is 1620. The monoisotopic (exact) mass is 649 g/mol. The topological polar surface area (TPSA) is 66.8 Å². The van der Waals surface area contributed by atoms with E-state index in [1.807, 2.05) is 11.0 Å². The fourth-order valence-electron chi connectivity index (χ4n) is 11.3. The highest BCUT2D eigenvalue weighted by molar-refractivity contribution is 7.09. The highest BCUT2D eigenvalue weighted by Gasteiger charge is 2.76. The standard InChI is InChI=1S/C37H41ClFNO4S/c1-33-12-8-23(41)20-35(33)15-16-37(26(21-35)29(42)19-25-27(38)6-3-7-28(25)39)30(33)9-13-34(2)31(37)10-14-36(34)22-40(32(43)44-36)17-11-24-5-4-18-45-24/h3-7,15-16,18,21,23,30-31,41H,8-14,17,19-20,22H2,1-2H3/t23-,30+,31+,33+,34-,35-,36+,37-/m0/s1. The third-order valence-corrected chi connectivity index (χ3v) is 14.9. The maximum atomic E-state index is 15.0. The van der Waals surface area contributed by atoms with E-state index in [0.717, 1.165) is 50.5 Å². The molecular formula is C37H41ClFNO4S. The summed E-state index contributed by atoms with van der Waals surface area (Å²) in [4.78, 5) is 31.2. The van der Waals surface area contributed by atoms with Crippen molar-refractivity contribution in [1.82, 2.24) is 4.90 Å². The van der Waals surface area contributed by atoms with Gasteiger partial charge in [0.05, 0.1) is 12.6 Å². The van der Waals surface area contributed by atoms with E-state index in [1.54, 1.807) is 23.5 Å². The second-order valence-corrected chi connectivity index (χ2v) is 16.6. The molecule has 2 bridgehead atoms. The molecule has 0 unspecified atom stereocenters. The summed E-state index contributed by atoms with van der Waals surface area (Å²) in [6, 6.07) is 8.72. The zero-order chi connectivity index (χ0) is 31.4. The number of aliphatic hydroxyl groups is 1. The average molecular weight is 650 g/mol. The number of rotatable bonds is 6. The van der Waals surface area contributed by atoms with Crippen LogP contribution in [0.5, 0.6) is 0 Å². The van der Waals surface area contributed by atoms with Gasteiger partial charge in [-0.3, -0.25) is 4.79 Å². The van der Waals surface area contributed by atoms with E-state index >= 15 is 4.39 Å². The molecule has 1 saturated heterocycles. The molecule has 1 amide bonds. The molecule has 8 heteroatoms. The normalized spacial score (nSPS) is 41.1. The number of carbonyl (C=O) groups is 2. The molecule has 3 saturated carbocycles. The minimum Gasteiger partial charge on any atom is -0.440 e. The molecule has 45 heavy (non-hydrogen) atoms. The molecule has 3 spiro atoms. The van der Waals surface area contributed by atoms with Gasteiger partial charge in [0.15, 0.2) is 5.78 Å². The molecule has 7 aliphatic rings. The number of Topliss-reactive ketones (excluding diaryl/α,β-unsaturated/α-hetero) is 1. The van der Waals surface area contributed by atoms with Crippen LogP contribution in [0.1, 0.15) is 69.2 Å². The molecule has 1 aromatic heterocycles. The van der Waals surface area contributed by atoms with Crippen molar-refractivity contribution < 1.29 is 23.8 Å². The van der Waals surface area contributed by atoms with Crippen molar-refractivity contribution in [3.05, 3.63) is 80.8 Å². The van der Waals surface area contributed by atoms with E-state index in [2.05, 4.69) is 43.5 Å². The van der Waals surface area contributed by atoms with E-state index in [-0.39, 0.29) is 51.5 Å². The number of fused-ring (bicyclic) bond motifs is 2. The van der Waals surface area contributed by atoms with Gasteiger partial charge in [0.1, 0.15) is 11.4 Å². The largest absolute Gasteiger partial charge is 0.440 e. The molecule has 8 atom stereocenters. The Hall–Kier alpha value is -2.48. The summed E-state index contributed by atoms with van der Waals surface area (Å²) in [7, 11) is 0. The Morgan fingerprint density at radius 2 is 1.87 bits per heavy atom. The molecule has 5 nitrogen and oxygen atoms in total. The van der Waals surface area contributed by atoms with Crippen LogP contribution in [0.15, 0.2) is 59.5 Å². The number of thiophene rings is 1. The number of ketones is 1. The Morgan fingerprint density at radius 3 is 2.64 bits per heavy atom. The van der Waals surface area contributed by atoms with Gasteiger partial charge in [0, 0.05) is 50.2 Å². The zero-order valence-electron chi connectivity index (χ0n) is 26.0. The molecule has 1 aromatic carbocycles. The van der Waals surface area contributed by atoms with Gasteiger partial charge in [-0.25, -0.2) is 9.18 Å². The first-order valence-electron chi connectivity index (χ1n) is 16.6. The molecule has 2 heterocycles. The lowest BCUT2D eigenvalue weighted by atomic mass is 9.32. The zero-order valence-corrected chi connectivity index (χ0v) is 27.6. The average Bonchev–Trinajstić information content (AvgIpc) is 3.71. The first-order chi connectivity index (χ1) is 21.5. The van der Waals surface area contributed by atoms with Crippen LogP contribution >= 0.6 is 22.9 Å². The number of hydrogen-bond donors (Lipinski definition) is 1. The van der Waals surface area contributed by atoms with Gasteiger partial charge in [-0.15, -0.1) is 11.3 Å². The molecule has 1 aliphatic heterocycles. The predicted molar refractivity (Wildman–Crippen MR) is 173 cm³/mol. The van der Waals surface area contributed by atoms with E-state index in [1.165, 1.54) is 10.9 Å². The van der Waals surface area contributed by atoms with Crippen LogP contribution in [-0.4, -0.2) is 46.7 Å². The third-order valence-electron chi connectivity index (χ3n) is 13.6. The van der Waals surface area contributed by atoms with E-state index < -0.39 is 28.4 Å². The van der Waals surface area contributed by atoms with Gasteiger partial charge in [-0.2, -0.15) is 0 Å². The lowest BCUT2D eigenvalue weighted by Gasteiger charge is -2.71. The summed E-state index contributed by atoms with van der Waals surface area (Å²) < 4.78 is 21.5. The van der Waals surface area contributed by atoms with Crippen molar-refractivity contribution in [2.75, 3.05) is 13.1 Å². The molecule has 0 radical (unpaired) electrons. The molecule has 9 rings (SSSR count). The quantitative estimate of drug-likeness (QED) is 0.323. The summed E-state index contributed by atoms with van der Waals surface area (Å²) in [5, 5.41) is 13.2. The second kappa shape index (κ2) is 10.0. The van der Waals surface area contributed by atoms with Crippen molar-refractivity contribution in [3.63, 3.8) is 0 Å². The number of hydrogen-bond acceptors (Lipinski definition) is 5. The van der Waals surface area contributed by atoms with Gasteiger partial charge in [-0.1, -0.05) is 55.8 Å². The van der Waals surface area contributed by atoms with Crippen LogP contribution in [-0.2, 0) is 22.4 Å². The lowest BCUT2D eigenvalue weighted by Crippen LogP contribution is -2.67. The Balaban J connectivity index is 1.20.